The van der Waals surface area contributed by atoms with E-state index in [1.54, 1.807) is 24.3 Å². The lowest BCUT2D eigenvalue weighted by Gasteiger charge is -2.07. The highest BCUT2D eigenvalue weighted by molar-refractivity contribution is 5.92. The van der Waals surface area contributed by atoms with E-state index in [0.717, 1.165) is 5.75 Å². The average Bonchev–Trinajstić information content (AvgIpc) is 2.39. The first-order chi connectivity index (χ1) is 9.15. The van der Waals surface area contributed by atoms with Gasteiger partial charge in [-0.25, -0.2) is 4.79 Å². The fourth-order valence-electron chi connectivity index (χ4n) is 1.30. The van der Waals surface area contributed by atoms with Gasteiger partial charge in [-0.05, 0) is 31.2 Å². The lowest BCUT2D eigenvalue weighted by atomic mass is 10.3. The van der Waals surface area contributed by atoms with Crippen LogP contribution in [0, 0.1) is 0 Å². The van der Waals surface area contributed by atoms with E-state index in [1.807, 2.05) is 6.92 Å². The number of nitrogens with one attached hydrogen (secondary N) is 1. The second-order valence-electron chi connectivity index (χ2n) is 3.60. The summed E-state index contributed by atoms with van der Waals surface area (Å²) in [6.45, 7) is 1.97. The third-order valence-electron chi connectivity index (χ3n) is 2.08. The first-order valence-corrected chi connectivity index (χ1v) is 5.83. The Labute approximate surface area is 111 Å². The van der Waals surface area contributed by atoms with Crippen molar-refractivity contribution in [2.75, 3.05) is 32.2 Å². The van der Waals surface area contributed by atoms with Crippen LogP contribution in [0.5, 0.6) is 5.75 Å². The standard InChI is InChI=1S/C13H17NO5/c1-3-18-11-6-4-10(5-7-11)14-12(15)8-19-13(16)9-17-2/h4-7H,3,8-9H2,1-2H3,(H,14,15). The van der Waals surface area contributed by atoms with Crippen molar-refractivity contribution in [3.05, 3.63) is 24.3 Å². The number of anilines is 1. The van der Waals surface area contributed by atoms with Gasteiger partial charge in [-0.15, -0.1) is 0 Å². The minimum atomic E-state index is -0.579. The molecule has 0 aromatic heterocycles. The molecule has 0 saturated heterocycles. The number of amides is 1. The highest BCUT2D eigenvalue weighted by atomic mass is 16.6. The molecule has 0 radical (unpaired) electrons. The molecule has 0 atom stereocenters. The molecule has 1 rings (SSSR count). The zero-order valence-corrected chi connectivity index (χ0v) is 11.0. The largest absolute Gasteiger partial charge is 0.494 e. The summed E-state index contributed by atoms with van der Waals surface area (Å²) in [5.41, 5.74) is 0.608. The molecule has 0 bridgehead atoms. The molecule has 0 aliphatic carbocycles. The number of esters is 1. The van der Waals surface area contributed by atoms with Crippen LogP contribution in [0.25, 0.3) is 0 Å². The smallest absolute Gasteiger partial charge is 0.332 e. The van der Waals surface area contributed by atoms with Gasteiger partial charge in [0.25, 0.3) is 5.91 Å². The fraction of sp³-hybridized carbons (Fsp3) is 0.385. The second-order valence-corrected chi connectivity index (χ2v) is 3.60. The number of ether oxygens (including phenoxy) is 3. The minimum absolute atomic E-state index is 0.170. The predicted molar refractivity (Wildman–Crippen MR) is 69.1 cm³/mol. The zero-order valence-electron chi connectivity index (χ0n) is 11.0. The van der Waals surface area contributed by atoms with Crippen LogP contribution in [0.4, 0.5) is 5.69 Å². The molecule has 1 N–H and O–H groups in total. The van der Waals surface area contributed by atoms with E-state index in [0.29, 0.717) is 12.3 Å². The van der Waals surface area contributed by atoms with Gasteiger partial charge in [0.1, 0.15) is 12.4 Å². The first-order valence-electron chi connectivity index (χ1n) is 5.83. The predicted octanol–water partition coefficient (Wildman–Crippen LogP) is 1.21. The quantitative estimate of drug-likeness (QED) is 0.752. The molecule has 0 fully saturated rings. The van der Waals surface area contributed by atoms with Crippen LogP contribution >= 0.6 is 0 Å². The average molecular weight is 267 g/mol. The molecule has 1 aromatic rings. The Morgan fingerprint density at radius 3 is 2.42 bits per heavy atom. The van der Waals surface area contributed by atoms with Gasteiger partial charge in [-0.3, -0.25) is 4.79 Å². The van der Waals surface area contributed by atoms with Crippen molar-refractivity contribution >= 4 is 17.6 Å². The second kappa shape index (κ2) is 8.10. The van der Waals surface area contributed by atoms with E-state index in [1.165, 1.54) is 7.11 Å². The van der Waals surface area contributed by atoms with E-state index in [9.17, 15) is 9.59 Å². The summed E-state index contributed by atoms with van der Waals surface area (Å²) in [6.07, 6.45) is 0. The van der Waals surface area contributed by atoms with Gasteiger partial charge in [-0.1, -0.05) is 0 Å². The van der Waals surface area contributed by atoms with Gasteiger partial charge in [0, 0.05) is 12.8 Å². The lowest BCUT2D eigenvalue weighted by Crippen LogP contribution is -2.22. The molecule has 0 aliphatic heterocycles. The van der Waals surface area contributed by atoms with Crippen LogP contribution in [0.3, 0.4) is 0 Å². The summed E-state index contributed by atoms with van der Waals surface area (Å²) in [7, 11) is 1.38. The van der Waals surface area contributed by atoms with Gasteiger partial charge in [-0.2, -0.15) is 0 Å². The van der Waals surface area contributed by atoms with Crippen molar-refractivity contribution in [2.45, 2.75) is 6.92 Å². The Kier molecular flexibility index (Phi) is 6.38. The van der Waals surface area contributed by atoms with Crippen molar-refractivity contribution in [3.8, 4) is 5.75 Å². The molecule has 0 saturated carbocycles. The first kappa shape index (κ1) is 15.0. The molecule has 19 heavy (non-hydrogen) atoms. The van der Waals surface area contributed by atoms with Gasteiger partial charge in [0.2, 0.25) is 0 Å². The van der Waals surface area contributed by atoms with E-state index in [4.69, 9.17) is 4.74 Å². The molecule has 0 heterocycles. The Morgan fingerprint density at radius 2 is 1.84 bits per heavy atom. The molecular formula is C13H17NO5. The van der Waals surface area contributed by atoms with Crippen molar-refractivity contribution in [3.63, 3.8) is 0 Å². The molecule has 0 spiro atoms. The van der Waals surface area contributed by atoms with E-state index < -0.39 is 11.9 Å². The number of hydrogen-bond acceptors (Lipinski definition) is 5. The van der Waals surface area contributed by atoms with Crippen LogP contribution in [-0.4, -0.2) is 38.8 Å². The number of carbonyl (C=O) groups is 2. The molecule has 0 unspecified atom stereocenters. The minimum Gasteiger partial charge on any atom is -0.494 e. The summed E-state index contributed by atoms with van der Waals surface area (Å²) < 4.78 is 14.5. The maximum absolute atomic E-state index is 11.5. The van der Waals surface area contributed by atoms with Crippen molar-refractivity contribution < 1.29 is 23.8 Å². The summed E-state index contributed by atoms with van der Waals surface area (Å²) >= 11 is 0. The maximum atomic E-state index is 11.5. The molecule has 104 valence electrons. The number of methoxy groups -OCH3 is 1. The zero-order chi connectivity index (χ0) is 14.1. The van der Waals surface area contributed by atoms with E-state index in [2.05, 4.69) is 14.8 Å². The highest BCUT2D eigenvalue weighted by Gasteiger charge is 2.07. The molecule has 1 amide bonds. The van der Waals surface area contributed by atoms with E-state index in [-0.39, 0.29) is 13.2 Å². The fourth-order valence-corrected chi connectivity index (χ4v) is 1.30. The summed E-state index contributed by atoms with van der Waals surface area (Å²) in [4.78, 5) is 22.4. The molecule has 0 aliphatic rings. The van der Waals surface area contributed by atoms with E-state index >= 15 is 0 Å². The Bertz CT molecular complexity index is 416. The van der Waals surface area contributed by atoms with Crippen LogP contribution in [0.15, 0.2) is 24.3 Å². The highest BCUT2D eigenvalue weighted by Crippen LogP contribution is 2.15. The Hall–Kier alpha value is -2.08. The lowest BCUT2D eigenvalue weighted by molar-refractivity contribution is -0.150. The third-order valence-corrected chi connectivity index (χ3v) is 2.08. The van der Waals surface area contributed by atoms with Gasteiger partial charge < -0.3 is 19.5 Å². The number of benzene rings is 1. The van der Waals surface area contributed by atoms with Crippen LogP contribution in [0.1, 0.15) is 6.92 Å². The van der Waals surface area contributed by atoms with Crippen LogP contribution in [-0.2, 0) is 19.1 Å². The van der Waals surface area contributed by atoms with Crippen molar-refractivity contribution in [1.82, 2.24) is 0 Å². The SMILES string of the molecule is CCOc1ccc(NC(=O)COC(=O)COC)cc1. The topological polar surface area (TPSA) is 73.9 Å². The van der Waals surface area contributed by atoms with Crippen LogP contribution in [0.2, 0.25) is 0 Å². The van der Waals surface area contributed by atoms with Gasteiger partial charge in [0.05, 0.1) is 6.61 Å². The van der Waals surface area contributed by atoms with Gasteiger partial charge in [0.15, 0.2) is 6.61 Å². The summed E-state index contributed by atoms with van der Waals surface area (Å²) in [5.74, 6) is -0.259. The monoisotopic (exact) mass is 267 g/mol. The molecule has 1 aromatic carbocycles. The third kappa shape index (κ3) is 5.87. The Morgan fingerprint density at radius 1 is 1.16 bits per heavy atom. The van der Waals surface area contributed by atoms with Gasteiger partial charge >= 0.3 is 5.97 Å². The van der Waals surface area contributed by atoms with Crippen LogP contribution < -0.4 is 10.1 Å². The molecular weight excluding hydrogens is 250 g/mol. The Balaban J connectivity index is 2.37. The van der Waals surface area contributed by atoms with Crippen molar-refractivity contribution in [2.24, 2.45) is 0 Å². The number of hydrogen-bond donors (Lipinski definition) is 1. The molecule has 6 heteroatoms. The maximum Gasteiger partial charge on any atom is 0.332 e. The molecule has 6 nitrogen and oxygen atoms in total. The summed E-state index contributed by atoms with van der Waals surface area (Å²) in [6, 6.07) is 6.91. The summed E-state index contributed by atoms with van der Waals surface area (Å²) in [5, 5.41) is 2.60. The van der Waals surface area contributed by atoms with Crippen molar-refractivity contribution in [1.29, 1.82) is 0 Å². The normalized spacial score (nSPS) is 9.79. The number of rotatable bonds is 7. The number of carbonyl (C=O) groups excluding carboxylic acids is 2.